The van der Waals surface area contributed by atoms with Crippen molar-refractivity contribution < 1.29 is 9.53 Å². The summed E-state index contributed by atoms with van der Waals surface area (Å²) < 4.78 is 6.53. The van der Waals surface area contributed by atoms with Crippen molar-refractivity contribution in [3.63, 3.8) is 0 Å². The highest BCUT2D eigenvalue weighted by Crippen LogP contribution is 2.20. The summed E-state index contributed by atoms with van der Waals surface area (Å²) in [7, 11) is 0. The zero-order valence-corrected chi connectivity index (χ0v) is 11.4. The van der Waals surface area contributed by atoms with Crippen molar-refractivity contribution in [2.45, 2.75) is 38.2 Å². The van der Waals surface area contributed by atoms with E-state index in [1.807, 2.05) is 24.3 Å². The fourth-order valence-electron chi connectivity index (χ4n) is 2.14. The molecule has 0 radical (unpaired) electrons. The van der Waals surface area contributed by atoms with Crippen LogP contribution >= 0.6 is 15.9 Å². The molecule has 0 amide bonds. The Morgan fingerprint density at radius 2 is 2.24 bits per heavy atom. The average Bonchev–Trinajstić information content (AvgIpc) is 2.82. The van der Waals surface area contributed by atoms with Gasteiger partial charge in [-0.25, -0.2) is 0 Å². The molecule has 1 unspecified atom stereocenters. The van der Waals surface area contributed by atoms with Crippen molar-refractivity contribution >= 4 is 21.7 Å². The highest BCUT2D eigenvalue weighted by atomic mass is 79.9. The van der Waals surface area contributed by atoms with Gasteiger partial charge >= 0.3 is 0 Å². The van der Waals surface area contributed by atoms with E-state index in [-0.39, 0.29) is 0 Å². The third-order valence-corrected chi connectivity index (χ3v) is 3.89. The Labute approximate surface area is 110 Å². The summed E-state index contributed by atoms with van der Waals surface area (Å²) >= 11 is 3.47. The van der Waals surface area contributed by atoms with E-state index in [2.05, 4.69) is 15.9 Å². The first-order valence-electron chi connectivity index (χ1n) is 6.12. The van der Waals surface area contributed by atoms with Gasteiger partial charge in [0.25, 0.3) is 0 Å². The van der Waals surface area contributed by atoms with Gasteiger partial charge in [-0.3, -0.25) is 4.79 Å². The second kappa shape index (κ2) is 6.31. The smallest absolute Gasteiger partial charge is 0.137 e. The summed E-state index contributed by atoms with van der Waals surface area (Å²) in [6, 6.07) is 7.90. The van der Waals surface area contributed by atoms with Gasteiger partial charge in [0.2, 0.25) is 0 Å². The molecule has 2 rings (SSSR count). The molecule has 1 aromatic rings. The molecule has 0 aromatic heterocycles. The Morgan fingerprint density at radius 1 is 1.41 bits per heavy atom. The van der Waals surface area contributed by atoms with Crippen LogP contribution in [0.25, 0.3) is 0 Å². The molecule has 1 aliphatic heterocycles. The Balaban J connectivity index is 1.79. The van der Waals surface area contributed by atoms with Crippen LogP contribution in [0.5, 0.6) is 0 Å². The van der Waals surface area contributed by atoms with Gasteiger partial charge in [-0.05, 0) is 30.9 Å². The lowest BCUT2D eigenvalue weighted by molar-refractivity contribution is -0.119. The number of carbonyl (C=O) groups excluding carboxylic acids is 1. The Hall–Kier alpha value is -0.670. The lowest BCUT2D eigenvalue weighted by Crippen LogP contribution is -2.10. The van der Waals surface area contributed by atoms with Crippen molar-refractivity contribution in [3.05, 3.63) is 34.3 Å². The molecule has 0 saturated carbocycles. The van der Waals surface area contributed by atoms with Gasteiger partial charge in [0, 0.05) is 23.9 Å². The molecule has 1 aromatic carbocycles. The van der Waals surface area contributed by atoms with Gasteiger partial charge in [-0.15, -0.1) is 0 Å². The third-order valence-electron chi connectivity index (χ3n) is 3.11. The molecule has 92 valence electrons. The van der Waals surface area contributed by atoms with Crippen molar-refractivity contribution in [2.24, 2.45) is 0 Å². The minimum atomic E-state index is 0.299. The maximum absolute atomic E-state index is 11.8. The first-order valence-corrected chi connectivity index (χ1v) is 6.91. The van der Waals surface area contributed by atoms with E-state index in [4.69, 9.17) is 4.74 Å². The van der Waals surface area contributed by atoms with Gasteiger partial charge in [0.15, 0.2) is 0 Å². The van der Waals surface area contributed by atoms with Crippen LogP contribution in [0.4, 0.5) is 0 Å². The van der Waals surface area contributed by atoms with Crippen molar-refractivity contribution in [3.8, 4) is 0 Å². The molecule has 1 heterocycles. The lowest BCUT2D eigenvalue weighted by atomic mass is 10.0. The molecule has 1 aliphatic rings. The fraction of sp³-hybridized carbons (Fsp3) is 0.500. The molecule has 2 nitrogen and oxygen atoms in total. The quantitative estimate of drug-likeness (QED) is 0.831. The minimum Gasteiger partial charge on any atom is -0.378 e. The van der Waals surface area contributed by atoms with E-state index in [9.17, 15) is 4.79 Å². The number of hydrogen-bond acceptors (Lipinski definition) is 2. The Kier molecular flexibility index (Phi) is 4.75. The van der Waals surface area contributed by atoms with Crippen LogP contribution in [-0.2, 0) is 16.0 Å². The van der Waals surface area contributed by atoms with Crippen LogP contribution in [0.2, 0.25) is 0 Å². The molecule has 0 aliphatic carbocycles. The fourth-order valence-corrected chi connectivity index (χ4v) is 2.56. The number of carbonyl (C=O) groups is 1. The predicted octanol–water partition coefficient (Wildman–Crippen LogP) is 3.52. The molecule has 0 bridgehead atoms. The predicted molar refractivity (Wildman–Crippen MR) is 71.1 cm³/mol. The monoisotopic (exact) mass is 296 g/mol. The summed E-state index contributed by atoms with van der Waals surface area (Å²) in [5, 5.41) is 0. The molecule has 17 heavy (non-hydrogen) atoms. The summed E-state index contributed by atoms with van der Waals surface area (Å²) in [6.07, 6.45) is 4.60. The van der Waals surface area contributed by atoms with Gasteiger partial charge in [-0.1, -0.05) is 34.1 Å². The third kappa shape index (κ3) is 3.93. The first kappa shape index (κ1) is 12.8. The number of Topliss-reactive ketones (excluding diaryl/α,β-unsaturated/α-hetero) is 1. The number of ketones is 1. The van der Waals surface area contributed by atoms with Gasteiger partial charge in [0.05, 0.1) is 6.10 Å². The molecule has 1 fully saturated rings. The number of rotatable bonds is 5. The minimum absolute atomic E-state index is 0.299. The average molecular weight is 297 g/mol. The second-order valence-corrected chi connectivity index (χ2v) is 5.33. The Bertz CT molecular complexity index is 384. The van der Waals surface area contributed by atoms with E-state index in [0.29, 0.717) is 24.7 Å². The topological polar surface area (TPSA) is 26.3 Å². The van der Waals surface area contributed by atoms with E-state index in [1.165, 1.54) is 0 Å². The Morgan fingerprint density at radius 3 is 2.94 bits per heavy atom. The van der Waals surface area contributed by atoms with Gasteiger partial charge in [0.1, 0.15) is 5.78 Å². The molecule has 3 heteroatoms. The van der Waals surface area contributed by atoms with E-state index in [0.717, 1.165) is 35.9 Å². The maximum atomic E-state index is 11.8. The molecule has 0 spiro atoms. The van der Waals surface area contributed by atoms with Crippen molar-refractivity contribution in [2.75, 3.05) is 6.61 Å². The first-order chi connectivity index (χ1) is 8.25. The second-order valence-electron chi connectivity index (χ2n) is 4.48. The van der Waals surface area contributed by atoms with Crippen LogP contribution in [0, 0.1) is 0 Å². The summed E-state index contributed by atoms with van der Waals surface area (Å²) in [6.45, 7) is 0.864. The highest BCUT2D eigenvalue weighted by Gasteiger charge is 2.16. The molecule has 0 N–H and O–H groups in total. The summed E-state index contributed by atoms with van der Waals surface area (Å²) in [4.78, 5) is 11.8. The number of benzene rings is 1. The van der Waals surface area contributed by atoms with Crippen LogP contribution < -0.4 is 0 Å². The normalized spacial score (nSPS) is 19.5. The number of halogens is 1. The summed E-state index contributed by atoms with van der Waals surface area (Å²) in [5.74, 6) is 0.299. The van der Waals surface area contributed by atoms with Gasteiger partial charge < -0.3 is 4.74 Å². The lowest BCUT2D eigenvalue weighted by Gasteiger charge is -2.08. The summed E-state index contributed by atoms with van der Waals surface area (Å²) in [5.41, 5.74) is 1.07. The SMILES string of the molecule is O=C(CCC1CCCO1)Cc1ccccc1Br. The maximum Gasteiger partial charge on any atom is 0.137 e. The van der Waals surface area contributed by atoms with E-state index < -0.39 is 0 Å². The largest absolute Gasteiger partial charge is 0.378 e. The van der Waals surface area contributed by atoms with E-state index in [1.54, 1.807) is 0 Å². The van der Waals surface area contributed by atoms with Crippen LogP contribution in [0.15, 0.2) is 28.7 Å². The molecular weight excluding hydrogens is 280 g/mol. The van der Waals surface area contributed by atoms with Crippen LogP contribution in [0.1, 0.15) is 31.2 Å². The molecular formula is C14H17BrO2. The standard InChI is InChI=1S/C14H17BrO2/c15-14-6-2-1-4-11(14)10-12(16)7-8-13-5-3-9-17-13/h1-2,4,6,13H,3,5,7-10H2. The van der Waals surface area contributed by atoms with Gasteiger partial charge in [-0.2, -0.15) is 0 Å². The number of ether oxygens (including phenoxy) is 1. The number of hydrogen-bond donors (Lipinski definition) is 0. The van der Waals surface area contributed by atoms with E-state index >= 15 is 0 Å². The van der Waals surface area contributed by atoms with Crippen molar-refractivity contribution in [1.29, 1.82) is 0 Å². The highest BCUT2D eigenvalue weighted by molar-refractivity contribution is 9.10. The van der Waals surface area contributed by atoms with Crippen LogP contribution in [0.3, 0.4) is 0 Å². The zero-order valence-electron chi connectivity index (χ0n) is 9.82. The molecule has 1 saturated heterocycles. The molecule has 1 atom stereocenters. The van der Waals surface area contributed by atoms with Crippen LogP contribution in [-0.4, -0.2) is 18.5 Å². The van der Waals surface area contributed by atoms with Crippen molar-refractivity contribution in [1.82, 2.24) is 0 Å². The zero-order chi connectivity index (χ0) is 12.1.